The summed E-state index contributed by atoms with van der Waals surface area (Å²) in [7, 11) is 0. The Bertz CT molecular complexity index is 723. The van der Waals surface area contributed by atoms with Gasteiger partial charge < -0.3 is 24.8 Å². The van der Waals surface area contributed by atoms with Crippen LogP contribution in [0.3, 0.4) is 0 Å². The molecule has 1 aliphatic carbocycles. The zero-order valence-corrected chi connectivity index (χ0v) is 20.8. The number of nitrogens with zero attached hydrogens (tertiary/aromatic N) is 1. The van der Waals surface area contributed by atoms with E-state index in [2.05, 4.69) is 26.1 Å². The number of benzene rings is 1. The molecule has 33 heavy (non-hydrogen) atoms. The third kappa shape index (κ3) is 10.5. The minimum Gasteiger partial charge on any atom is -0.492 e. The maximum Gasteiger partial charge on any atom is 0.333 e. The summed E-state index contributed by atoms with van der Waals surface area (Å²) < 4.78 is 11.2. The third-order valence-corrected chi connectivity index (χ3v) is 5.96. The molecule has 2 amide bonds. The molecule has 0 bridgehead atoms. The summed E-state index contributed by atoms with van der Waals surface area (Å²) in [5.41, 5.74) is 0.912. The van der Waals surface area contributed by atoms with E-state index in [1.165, 1.54) is 25.7 Å². The number of ether oxygens (including phenoxy) is 2. The first-order valence-corrected chi connectivity index (χ1v) is 12.3. The molecule has 7 heteroatoms. The lowest BCUT2D eigenvalue weighted by Crippen LogP contribution is -2.45. The van der Waals surface area contributed by atoms with Gasteiger partial charge in [-0.15, -0.1) is 0 Å². The highest BCUT2D eigenvalue weighted by atomic mass is 16.5. The molecule has 1 fully saturated rings. The summed E-state index contributed by atoms with van der Waals surface area (Å²) in [5, 5.41) is 12.3. The van der Waals surface area contributed by atoms with Crippen molar-refractivity contribution in [1.82, 2.24) is 10.2 Å². The lowest BCUT2D eigenvalue weighted by molar-refractivity contribution is -0.149. The maximum absolute atomic E-state index is 12.8. The van der Waals surface area contributed by atoms with Crippen LogP contribution in [0.25, 0.3) is 0 Å². The summed E-state index contributed by atoms with van der Waals surface area (Å²) in [6.45, 7) is 10.8. The van der Waals surface area contributed by atoms with E-state index in [4.69, 9.17) is 9.47 Å². The molecule has 1 aliphatic rings. The number of rotatable bonds is 13. The second kappa shape index (κ2) is 13.4. The summed E-state index contributed by atoms with van der Waals surface area (Å²) >= 11 is 0. The molecule has 0 aromatic heterocycles. The smallest absolute Gasteiger partial charge is 0.333 e. The Hall–Kier alpha value is -2.28. The summed E-state index contributed by atoms with van der Waals surface area (Å²) in [4.78, 5) is 25.9. The Kier molecular flexibility index (Phi) is 11.0. The van der Waals surface area contributed by atoms with Gasteiger partial charge in [0.25, 0.3) is 0 Å². The van der Waals surface area contributed by atoms with Crippen molar-refractivity contribution in [3.05, 3.63) is 29.8 Å². The van der Waals surface area contributed by atoms with Crippen molar-refractivity contribution in [1.29, 1.82) is 0 Å². The van der Waals surface area contributed by atoms with Crippen molar-refractivity contribution in [2.75, 3.05) is 32.8 Å². The van der Waals surface area contributed by atoms with Crippen LogP contribution >= 0.6 is 0 Å². The molecule has 1 atom stereocenters. The van der Waals surface area contributed by atoms with Gasteiger partial charge in [0.2, 0.25) is 0 Å². The fraction of sp³-hybridized carbons (Fsp3) is 0.692. The van der Waals surface area contributed by atoms with Gasteiger partial charge in [-0.05, 0) is 42.4 Å². The fourth-order valence-electron chi connectivity index (χ4n) is 4.03. The first kappa shape index (κ1) is 27.0. The molecule has 2 rings (SSSR count). The Balaban J connectivity index is 1.86. The quantitative estimate of drug-likeness (QED) is 0.442. The van der Waals surface area contributed by atoms with E-state index in [1.54, 1.807) is 6.92 Å². The second-order valence-electron chi connectivity index (χ2n) is 10.1. The van der Waals surface area contributed by atoms with Gasteiger partial charge in [-0.25, -0.2) is 9.59 Å². The monoisotopic (exact) mass is 462 g/mol. The average molecular weight is 463 g/mol. The van der Waals surface area contributed by atoms with E-state index >= 15 is 0 Å². The Labute approximate surface area is 198 Å². The van der Waals surface area contributed by atoms with Gasteiger partial charge in [0.1, 0.15) is 12.4 Å². The van der Waals surface area contributed by atoms with Crippen molar-refractivity contribution in [2.24, 2.45) is 11.3 Å². The standard InChI is InChI=1S/C26H42N2O5/c1-5-32-23(24(29)30)18-21-10-12-22(13-11-21)33-17-16-28(15-14-20-8-6-7-9-20)25(31)27-19-26(2,3)4/h10-13,20,23H,5-9,14-19H2,1-4H3,(H,27,31)(H,29,30). The van der Waals surface area contributed by atoms with Gasteiger partial charge in [-0.3, -0.25) is 0 Å². The van der Waals surface area contributed by atoms with Crippen LogP contribution in [0, 0.1) is 11.3 Å². The van der Waals surface area contributed by atoms with Crippen LogP contribution in [0.15, 0.2) is 24.3 Å². The van der Waals surface area contributed by atoms with E-state index in [1.807, 2.05) is 29.2 Å². The van der Waals surface area contributed by atoms with Crippen LogP contribution < -0.4 is 10.1 Å². The molecular formula is C26H42N2O5. The van der Waals surface area contributed by atoms with Crippen LogP contribution in [-0.2, 0) is 16.0 Å². The maximum atomic E-state index is 12.8. The molecule has 0 heterocycles. The topological polar surface area (TPSA) is 88.1 Å². The summed E-state index contributed by atoms with van der Waals surface area (Å²) in [5.74, 6) is 0.468. The molecule has 0 aliphatic heterocycles. The van der Waals surface area contributed by atoms with Crippen molar-refractivity contribution in [2.45, 2.75) is 72.3 Å². The van der Waals surface area contributed by atoms with Gasteiger partial charge in [0, 0.05) is 26.1 Å². The van der Waals surface area contributed by atoms with Crippen molar-refractivity contribution in [3.63, 3.8) is 0 Å². The van der Waals surface area contributed by atoms with Gasteiger partial charge in [0.05, 0.1) is 6.54 Å². The largest absolute Gasteiger partial charge is 0.492 e. The number of urea groups is 1. The third-order valence-electron chi connectivity index (χ3n) is 5.96. The highest BCUT2D eigenvalue weighted by Gasteiger charge is 2.21. The SMILES string of the molecule is CCOC(Cc1ccc(OCCN(CCC2CCCC2)C(=O)NCC(C)(C)C)cc1)C(=O)O. The van der Waals surface area contributed by atoms with E-state index in [0.717, 1.165) is 24.4 Å². The van der Waals surface area contributed by atoms with Crippen molar-refractivity contribution >= 4 is 12.0 Å². The molecule has 0 spiro atoms. The minimum absolute atomic E-state index is 0.0301. The predicted molar refractivity (Wildman–Crippen MR) is 130 cm³/mol. The normalized spacial score (nSPS) is 15.3. The van der Waals surface area contributed by atoms with E-state index in [0.29, 0.717) is 38.5 Å². The lowest BCUT2D eigenvalue weighted by atomic mass is 9.97. The summed E-state index contributed by atoms with van der Waals surface area (Å²) in [6, 6.07) is 7.36. The van der Waals surface area contributed by atoms with Crippen LogP contribution in [-0.4, -0.2) is 61.0 Å². The molecule has 186 valence electrons. The van der Waals surface area contributed by atoms with Crippen molar-refractivity contribution < 1.29 is 24.2 Å². The molecule has 1 aromatic rings. The number of carbonyl (C=O) groups excluding carboxylic acids is 1. The van der Waals surface area contributed by atoms with Gasteiger partial charge in [0.15, 0.2) is 6.10 Å². The number of amides is 2. The number of aliphatic carboxylic acids is 1. The number of hydrogen-bond donors (Lipinski definition) is 2. The molecular weight excluding hydrogens is 420 g/mol. The van der Waals surface area contributed by atoms with Gasteiger partial charge >= 0.3 is 12.0 Å². The lowest BCUT2D eigenvalue weighted by Gasteiger charge is -2.27. The Morgan fingerprint density at radius 1 is 1.15 bits per heavy atom. The van der Waals surface area contributed by atoms with Crippen LogP contribution in [0.5, 0.6) is 5.75 Å². The highest BCUT2D eigenvalue weighted by Crippen LogP contribution is 2.27. The number of carboxylic acid groups (broad SMARTS) is 1. The number of carbonyl (C=O) groups is 2. The second-order valence-corrected chi connectivity index (χ2v) is 10.1. The Morgan fingerprint density at radius 2 is 1.82 bits per heavy atom. The molecule has 7 nitrogen and oxygen atoms in total. The van der Waals surface area contributed by atoms with Crippen LogP contribution in [0.2, 0.25) is 0 Å². The minimum atomic E-state index is -0.959. The first-order chi connectivity index (χ1) is 15.7. The molecule has 1 unspecified atom stereocenters. The van der Waals surface area contributed by atoms with E-state index in [9.17, 15) is 14.7 Å². The molecule has 1 saturated carbocycles. The molecule has 1 aromatic carbocycles. The van der Waals surface area contributed by atoms with Gasteiger partial charge in [-0.2, -0.15) is 0 Å². The van der Waals surface area contributed by atoms with E-state index < -0.39 is 12.1 Å². The predicted octanol–water partition coefficient (Wildman–Crippen LogP) is 4.74. The summed E-state index contributed by atoms with van der Waals surface area (Å²) in [6.07, 6.45) is 5.66. The molecule has 0 saturated heterocycles. The zero-order chi connectivity index (χ0) is 24.3. The zero-order valence-electron chi connectivity index (χ0n) is 20.8. The van der Waals surface area contributed by atoms with E-state index in [-0.39, 0.29) is 11.4 Å². The molecule has 0 radical (unpaired) electrons. The number of hydrogen-bond acceptors (Lipinski definition) is 4. The van der Waals surface area contributed by atoms with Gasteiger partial charge in [-0.1, -0.05) is 58.6 Å². The van der Waals surface area contributed by atoms with Crippen LogP contribution in [0.4, 0.5) is 4.79 Å². The first-order valence-electron chi connectivity index (χ1n) is 12.3. The fourth-order valence-corrected chi connectivity index (χ4v) is 4.03. The highest BCUT2D eigenvalue weighted by molar-refractivity contribution is 5.74. The number of carboxylic acids is 1. The van der Waals surface area contributed by atoms with Crippen LogP contribution in [0.1, 0.15) is 65.4 Å². The molecule has 2 N–H and O–H groups in total. The number of nitrogens with one attached hydrogen (secondary N) is 1. The average Bonchev–Trinajstić information content (AvgIpc) is 3.28. The van der Waals surface area contributed by atoms with Crippen molar-refractivity contribution in [3.8, 4) is 5.75 Å². The Morgan fingerprint density at radius 3 is 2.39 bits per heavy atom.